The van der Waals surface area contributed by atoms with Gasteiger partial charge in [0.05, 0.1) is 12.3 Å². The summed E-state index contributed by atoms with van der Waals surface area (Å²) in [6, 6.07) is 15.6. The molecule has 0 saturated carbocycles. The lowest BCUT2D eigenvalue weighted by atomic mass is 10.2. The van der Waals surface area contributed by atoms with Crippen LogP contribution >= 0.6 is 15.9 Å². The van der Waals surface area contributed by atoms with Crippen LogP contribution in [0.2, 0.25) is 0 Å². The highest BCUT2D eigenvalue weighted by Gasteiger charge is 1.96. The van der Waals surface area contributed by atoms with Crippen LogP contribution in [0.15, 0.2) is 58.0 Å². The molecule has 0 radical (unpaired) electrons. The van der Waals surface area contributed by atoms with Crippen molar-refractivity contribution in [3.63, 3.8) is 0 Å². The molecule has 0 aliphatic rings. The third-order valence-electron chi connectivity index (χ3n) is 2.68. The van der Waals surface area contributed by atoms with Gasteiger partial charge in [0, 0.05) is 10.9 Å². The van der Waals surface area contributed by atoms with Crippen molar-refractivity contribution in [2.24, 2.45) is 4.99 Å². The van der Waals surface area contributed by atoms with E-state index in [4.69, 9.17) is 9.94 Å². The topological polar surface area (TPSA) is 53.8 Å². The molecule has 0 heterocycles. The number of rotatable bonds is 6. The molecule has 0 aliphatic carbocycles. The van der Waals surface area contributed by atoms with Crippen LogP contribution in [0.4, 0.5) is 5.69 Å². The summed E-state index contributed by atoms with van der Waals surface area (Å²) in [5, 5.41) is 8.40. The molecular formula is C15H15BrN2O2. The summed E-state index contributed by atoms with van der Waals surface area (Å²) in [4.78, 5) is 3.96. The zero-order chi connectivity index (χ0) is 14.2. The van der Waals surface area contributed by atoms with E-state index in [1.807, 2.05) is 41.9 Å². The molecule has 2 aromatic rings. The van der Waals surface area contributed by atoms with Crippen molar-refractivity contribution >= 4 is 28.0 Å². The Morgan fingerprint density at radius 1 is 1.10 bits per heavy atom. The second-order valence-electron chi connectivity index (χ2n) is 4.11. The monoisotopic (exact) mass is 334 g/mol. The average molecular weight is 335 g/mol. The van der Waals surface area contributed by atoms with Gasteiger partial charge in [-0.1, -0.05) is 28.1 Å². The van der Waals surface area contributed by atoms with Crippen LogP contribution in [-0.2, 0) is 6.42 Å². The zero-order valence-electron chi connectivity index (χ0n) is 10.8. The van der Waals surface area contributed by atoms with E-state index < -0.39 is 0 Å². The lowest BCUT2D eigenvalue weighted by molar-refractivity contribution is 0.240. The summed E-state index contributed by atoms with van der Waals surface area (Å²) >= 11 is 3.41. The van der Waals surface area contributed by atoms with Crippen LogP contribution in [0.1, 0.15) is 5.56 Å². The molecular weight excluding hydrogens is 320 g/mol. The quantitative estimate of drug-likeness (QED) is 0.481. The van der Waals surface area contributed by atoms with Crippen molar-refractivity contribution in [1.82, 2.24) is 5.48 Å². The fourth-order valence-electron chi connectivity index (χ4n) is 1.67. The Morgan fingerprint density at radius 2 is 1.80 bits per heavy atom. The predicted octanol–water partition coefficient (Wildman–Crippen LogP) is 3.71. The number of halogens is 1. The van der Waals surface area contributed by atoms with Crippen molar-refractivity contribution in [2.75, 3.05) is 6.61 Å². The average Bonchev–Trinajstić information content (AvgIpc) is 2.48. The van der Waals surface area contributed by atoms with Crippen LogP contribution in [-0.4, -0.2) is 18.2 Å². The number of hydrogen-bond donors (Lipinski definition) is 2. The first kappa shape index (κ1) is 14.6. The normalized spacial score (nSPS) is 10.7. The molecule has 2 N–H and O–H groups in total. The third kappa shape index (κ3) is 4.68. The fourth-order valence-corrected chi connectivity index (χ4v) is 1.93. The molecule has 0 amide bonds. The van der Waals surface area contributed by atoms with Gasteiger partial charge >= 0.3 is 0 Å². The van der Waals surface area contributed by atoms with Gasteiger partial charge in [0.15, 0.2) is 0 Å². The Bertz CT molecular complexity index is 553. The molecule has 0 unspecified atom stereocenters. The minimum absolute atomic E-state index is 0.627. The first-order valence-electron chi connectivity index (χ1n) is 6.17. The third-order valence-corrected chi connectivity index (χ3v) is 3.21. The second-order valence-corrected chi connectivity index (χ2v) is 5.02. The Balaban J connectivity index is 1.82. The van der Waals surface area contributed by atoms with Gasteiger partial charge in [-0.2, -0.15) is 0 Å². The van der Waals surface area contributed by atoms with Crippen LogP contribution in [0.3, 0.4) is 0 Å². The second kappa shape index (κ2) is 7.67. The number of hydroxylamine groups is 1. The van der Waals surface area contributed by atoms with E-state index in [9.17, 15) is 0 Å². The van der Waals surface area contributed by atoms with Gasteiger partial charge in [-0.3, -0.25) is 10.7 Å². The van der Waals surface area contributed by atoms with Gasteiger partial charge in [0.1, 0.15) is 12.1 Å². The molecule has 0 aromatic heterocycles. The Morgan fingerprint density at radius 3 is 2.45 bits per heavy atom. The van der Waals surface area contributed by atoms with E-state index in [2.05, 4.69) is 33.1 Å². The predicted molar refractivity (Wildman–Crippen MR) is 82.9 cm³/mol. The number of benzene rings is 2. The van der Waals surface area contributed by atoms with Gasteiger partial charge in [0.2, 0.25) is 0 Å². The molecule has 4 nitrogen and oxygen atoms in total. The summed E-state index contributed by atoms with van der Waals surface area (Å²) in [5.74, 6) is 0.804. The minimum Gasteiger partial charge on any atom is -0.493 e. The molecule has 2 aromatic carbocycles. The molecule has 104 valence electrons. The number of hydrogen-bond acceptors (Lipinski definition) is 3. The molecule has 0 spiro atoms. The molecule has 0 atom stereocenters. The van der Waals surface area contributed by atoms with Crippen molar-refractivity contribution in [1.29, 1.82) is 0 Å². The molecule has 20 heavy (non-hydrogen) atoms. The smallest absolute Gasteiger partial charge is 0.119 e. The van der Waals surface area contributed by atoms with Gasteiger partial charge in [-0.25, -0.2) is 4.99 Å². The minimum atomic E-state index is 0.627. The standard InChI is InChI=1S/C15H15BrN2O2/c16-13-3-1-12(2-4-13)9-10-20-15-7-5-14(6-8-15)17-11-18-19/h1-8,11,19H,9-10H2,(H,17,18). The summed E-state index contributed by atoms with van der Waals surface area (Å²) in [5.41, 5.74) is 3.84. The highest BCUT2D eigenvalue weighted by molar-refractivity contribution is 9.10. The maximum Gasteiger partial charge on any atom is 0.119 e. The highest BCUT2D eigenvalue weighted by Crippen LogP contribution is 2.18. The zero-order valence-corrected chi connectivity index (χ0v) is 12.4. The maximum atomic E-state index is 8.40. The maximum absolute atomic E-state index is 8.40. The summed E-state index contributed by atoms with van der Waals surface area (Å²) in [7, 11) is 0. The van der Waals surface area contributed by atoms with E-state index in [1.54, 1.807) is 0 Å². The van der Waals surface area contributed by atoms with E-state index >= 15 is 0 Å². The Kier molecular flexibility index (Phi) is 5.58. The molecule has 0 bridgehead atoms. The lowest BCUT2D eigenvalue weighted by Gasteiger charge is -2.06. The van der Waals surface area contributed by atoms with Gasteiger partial charge in [-0.15, -0.1) is 0 Å². The number of nitrogens with one attached hydrogen (secondary N) is 1. The summed E-state index contributed by atoms with van der Waals surface area (Å²) < 4.78 is 6.75. The fraction of sp³-hybridized carbons (Fsp3) is 0.133. The van der Waals surface area contributed by atoms with Crippen molar-refractivity contribution in [3.8, 4) is 5.75 Å². The van der Waals surface area contributed by atoms with Crippen LogP contribution in [0, 0.1) is 0 Å². The van der Waals surface area contributed by atoms with Gasteiger partial charge in [0.25, 0.3) is 0 Å². The molecule has 0 saturated heterocycles. The van der Waals surface area contributed by atoms with Crippen LogP contribution in [0.25, 0.3) is 0 Å². The SMILES string of the molecule is ONC=Nc1ccc(OCCc2ccc(Br)cc2)cc1. The highest BCUT2D eigenvalue weighted by atomic mass is 79.9. The first-order chi connectivity index (χ1) is 9.78. The summed E-state index contributed by atoms with van der Waals surface area (Å²) in [6.45, 7) is 0.627. The van der Waals surface area contributed by atoms with E-state index in [0.29, 0.717) is 6.61 Å². The molecule has 2 rings (SSSR count). The van der Waals surface area contributed by atoms with Crippen molar-refractivity contribution < 1.29 is 9.94 Å². The first-order valence-corrected chi connectivity index (χ1v) is 6.97. The van der Waals surface area contributed by atoms with E-state index in [1.165, 1.54) is 11.9 Å². The summed E-state index contributed by atoms with van der Waals surface area (Å²) in [6.07, 6.45) is 2.07. The van der Waals surface area contributed by atoms with E-state index in [0.717, 1.165) is 22.3 Å². The van der Waals surface area contributed by atoms with Crippen molar-refractivity contribution in [3.05, 3.63) is 58.6 Å². The molecule has 5 heteroatoms. The van der Waals surface area contributed by atoms with Gasteiger partial charge < -0.3 is 4.74 Å². The Hall–Kier alpha value is -1.85. The number of nitrogens with zero attached hydrogens (tertiary/aromatic N) is 1. The lowest BCUT2D eigenvalue weighted by Crippen LogP contribution is -2.01. The van der Waals surface area contributed by atoms with Crippen LogP contribution in [0.5, 0.6) is 5.75 Å². The number of ether oxygens (including phenoxy) is 1. The molecule has 0 fully saturated rings. The van der Waals surface area contributed by atoms with E-state index in [-0.39, 0.29) is 0 Å². The largest absolute Gasteiger partial charge is 0.493 e. The molecule has 0 aliphatic heterocycles. The Labute approximate surface area is 126 Å². The van der Waals surface area contributed by atoms with Crippen LogP contribution < -0.4 is 10.2 Å². The van der Waals surface area contributed by atoms with Gasteiger partial charge in [-0.05, 0) is 42.0 Å². The number of aliphatic imine (C=N–C) groups is 1. The van der Waals surface area contributed by atoms with Crippen molar-refractivity contribution in [2.45, 2.75) is 6.42 Å².